The molecule has 82 valence electrons. The summed E-state index contributed by atoms with van der Waals surface area (Å²) in [4.78, 5) is 13.3. The van der Waals surface area contributed by atoms with E-state index in [0.717, 1.165) is 25.9 Å². The molecule has 0 radical (unpaired) electrons. The first-order valence-electron chi connectivity index (χ1n) is 5.16. The van der Waals surface area contributed by atoms with Gasteiger partial charge in [-0.05, 0) is 31.3 Å². The van der Waals surface area contributed by atoms with Gasteiger partial charge in [-0.25, -0.2) is 4.79 Å². The number of piperidine rings is 1. The van der Waals surface area contributed by atoms with E-state index in [1.807, 2.05) is 0 Å². The van der Waals surface area contributed by atoms with Crippen molar-refractivity contribution in [2.75, 3.05) is 13.1 Å². The van der Waals surface area contributed by atoms with Crippen LogP contribution in [0.15, 0.2) is 10.6 Å². The topological polar surface area (TPSA) is 55.6 Å². The van der Waals surface area contributed by atoms with Crippen molar-refractivity contribution < 1.29 is 14.1 Å². The van der Waals surface area contributed by atoms with Crippen LogP contribution in [0, 0.1) is 6.92 Å². The molecule has 2 heterocycles. The van der Waals surface area contributed by atoms with Crippen LogP contribution in [0.5, 0.6) is 5.88 Å². The molecule has 0 N–H and O–H groups in total. The lowest BCUT2D eigenvalue weighted by Crippen LogP contribution is -2.37. The third kappa shape index (κ3) is 2.49. The molecule has 1 aliphatic rings. The van der Waals surface area contributed by atoms with E-state index in [0.29, 0.717) is 5.76 Å². The van der Waals surface area contributed by atoms with Gasteiger partial charge in [-0.2, -0.15) is 0 Å². The summed E-state index contributed by atoms with van der Waals surface area (Å²) in [5.74, 6) is 0.875. The number of nitrogens with zero attached hydrogens (tertiary/aromatic N) is 2. The summed E-state index contributed by atoms with van der Waals surface area (Å²) in [6, 6.07) is 1.60. The minimum absolute atomic E-state index is 0.239. The predicted octanol–water partition coefficient (Wildman–Crippen LogP) is 1.97. The number of likely N-dealkylation sites (tertiary alicyclic amines) is 1. The maximum Gasteiger partial charge on any atom is 0.416 e. The number of amides is 1. The lowest BCUT2D eigenvalue weighted by Gasteiger charge is -2.24. The Morgan fingerprint density at radius 1 is 1.47 bits per heavy atom. The molecular formula is C10H14N2O3. The van der Waals surface area contributed by atoms with Crippen LogP contribution in [0.1, 0.15) is 25.0 Å². The SMILES string of the molecule is Cc1cc(OC(=O)N2CCCCC2)no1. The number of aromatic nitrogens is 1. The van der Waals surface area contributed by atoms with E-state index >= 15 is 0 Å². The highest BCUT2D eigenvalue weighted by Crippen LogP contribution is 2.14. The summed E-state index contributed by atoms with van der Waals surface area (Å²) in [6.45, 7) is 3.30. The summed E-state index contributed by atoms with van der Waals surface area (Å²) in [6.07, 6.45) is 2.95. The van der Waals surface area contributed by atoms with Gasteiger partial charge >= 0.3 is 6.09 Å². The zero-order valence-electron chi connectivity index (χ0n) is 8.73. The lowest BCUT2D eigenvalue weighted by atomic mass is 10.1. The first kappa shape index (κ1) is 10.0. The van der Waals surface area contributed by atoms with Gasteiger partial charge in [0.1, 0.15) is 5.76 Å². The Balaban J connectivity index is 1.91. The lowest BCUT2D eigenvalue weighted by molar-refractivity contribution is 0.139. The third-order valence-electron chi connectivity index (χ3n) is 2.41. The molecule has 0 aromatic carbocycles. The van der Waals surface area contributed by atoms with E-state index < -0.39 is 0 Å². The Bertz CT molecular complexity index is 342. The van der Waals surface area contributed by atoms with E-state index in [1.165, 1.54) is 6.42 Å². The summed E-state index contributed by atoms with van der Waals surface area (Å²) in [7, 11) is 0. The molecule has 0 bridgehead atoms. The van der Waals surface area contributed by atoms with Crippen molar-refractivity contribution in [2.45, 2.75) is 26.2 Å². The highest BCUT2D eigenvalue weighted by atomic mass is 16.6. The van der Waals surface area contributed by atoms with E-state index in [9.17, 15) is 4.79 Å². The fourth-order valence-electron chi connectivity index (χ4n) is 1.62. The molecule has 0 atom stereocenters. The van der Waals surface area contributed by atoms with Crippen molar-refractivity contribution in [2.24, 2.45) is 0 Å². The zero-order chi connectivity index (χ0) is 10.7. The number of hydrogen-bond donors (Lipinski definition) is 0. The minimum atomic E-state index is -0.331. The van der Waals surface area contributed by atoms with Crippen molar-refractivity contribution >= 4 is 6.09 Å². The largest absolute Gasteiger partial charge is 0.416 e. The van der Waals surface area contributed by atoms with Crippen LogP contribution in [-0.2, 0) is 0 Å². The van der Waals surface area contributed by atoms with E-state index in [4.69, 9.17) is 9.26 Å². The van der Waals surface area contributed by atoms with Crippen molar-refractivity contribution in [3.8, 4) is 5.88 Å². The molecule has 0 spiro atoms. The number of aryl methyl sites for hydroxylation is 1. The average molecular weight is 210 g/mol. The second-order valence-corrected chi connectivity index (χ2v) is 3.69. The van der Waals surface area contributed by atoms with Crippen LogP contribution in [0.4, 0.5) is 4.79 Å². The zero-order valence-corrected chi connectivity index (χ0v) is 8.73. The Hall–Kier alpha value is -1.52. The molecule has 0 unspecified atom stereocenters. The van der Waals surface area contributed by atoms with Gasteiger partial charge in [0.2, 0.25) is 0 Å². The van der Waals surface area contributed by atoms with Crippen LogP contribution in [0.3, 0.4) is 0 Å². The van der Waals surface area contributed by atoms with Gasteiger partial charge in [0, 0.05) is 19.2 Å². The highest BCUT2D eigenvalue weighted by molar-refractivity contribution is 5.70. The summed E-state index contributed by atoms with van der Waals surface area (Å²) in [5.41, 5.74) is 0. The van der Waals surface area contributed by atoms with Crippen molar-refractivity contribution in [3.63, 3.8) is 0 Å². The molecule has 2 rings (SSSR count). The smallest absolute Gasteiger partial charge is 0.388 e. The van der Waals surface area contributed by atoms with Crippen LogP contribution < -0.4 is 4.74 Å². The summed E-state index contributed by atoms with van der Waals surface area (Å²) in [5, 5.41) is 3.61. The van der Waals surface area contributed by atoms with Crippen LogP contribution in [0.2, 0.25) is 0 Å². The molecule has 5 heteroatoms. The number of hydrogen-bond acceptors (Lipinski definition) is 4. The van der Waals surface area contributed by atoms with Crippen molar-refractivity contribution in [3.05, 3.63) is 11.8 Å². The van der Waals surface area contributed by atoms with Gasteiger partial charge in [0.05, 0.1) is 0 Å². The fraction of sp³-hybridized carbons (Fsp3) is 0.600. The van der Waals surface area contributed by atoms with Crippen LogP contribution >= 0.6 is 0 Å². The average Bonchev–Trinajstić information content (AvgIpc) is 2.65. The molecular weight excluding hydrogens is 196 g/mol. The molecule has 1 aromatic rings. The molecule has 15 heavy (non-hydrogen) atoms. The molecule has 1 saturated heterocycles. The highest BCUT2D eigenvalue weighted by Gasteiger charge is 2.19. The van der Waals surface area contributed by atoms with Crippen LogP contribution in [0.25, 0.3) is 0 Å². The first-order chi connectivity index (χ1) is 7.25. The van der Waals surface area contributed by atoms with Gasteiger partial charge in [0.25, 0.3) is 5.88 Å². The van der Waals surface area contributed by atoms with Crippen LogP contribution in [-0.4, -0.2) is 29.2 Å². The molecule has 0 saturated carbocycles. The second kappa shape index (κ2) is 4.33. The van der Waals surface area contributed by atoms with Gasteiger partial charge in [-0.1, -0.05) is 0 Å². The van der Waals surface area contributed by atoms with Gasteiger partial charge in [0.15, 0.2) is 0 Å². The molecule has 0 aliphatic carbocycles. The predicted molar refractivity (Wildman–Crippen MR) is 52.7 cm³/mol. The monoisotopic (exact) mass is 210 g/mol. The van der Waals surface area contributed by atoms with Gasteiger partial charge in [-0.15, -0.1) is 0 Å². The maximum absolute atomic E-state index is 11.6. The van der Waals surface area contributed by atoms with Crippen molar-refractivity contribution in [1.82, 2.24) is 10.1 Å². The maximum atomic E-state index is 11.6. The minimum Gasteiger partial charge on any atom is -0.388 e. The molecule has 1 amide bonds. The normalized spacial score (nSPS) is 16.5. The fourth-order valence-corrected chi connectivity index (χ4v) is 1.62. The quantitative estimate of drug-likeness (QED) is 0.711. The standard InChI is InChI=1S/C10H14N2O3/c1-8-7-9(11-15-8)14-10(13)12-5-3-2-4-6-12/h7H,2-6H2,1H3. The second-order valence-electron chi connectivity index (χ2n) is 3.69. The van der Waals surface area contributed by atoms with E-state index in [-0.39, 0.29) is 12.0 Å². The number of ether oxygens (including phenoxy) is 1. The summed E-state index contributed by atoms with van der Waals surface area (Å²) >= 11 is 0. The Kier molecular flexibility index (Phi) is 2.89. The summed E-state index contributed by atoms with van der Waals surface area (Å²) < 4.78 is 9.86. The third-order valence-corrected chi connectivity index (χ3v) is 2.41. The molecule has 1 aliphatic heterocycles. The molecule has 1 fully saturated rings. The number of carbonyl (C=O) groups is 1. The number of carbonyl (C=O) groups excluding carboxylic acids is 1. The number of rotatable bonds is 1. The Labute approximate surface area is 88.0 Å². The van der Waals surface area contributed by atoms with Crippen molar-refractivity contribution in [1.29, 1.82) is 0 Å². The van der Waals surface area contributed by atoms with Gasteiger partial charge in [-0.3, -0.25) is 0 Å². The van der Waals surface area contributed by atoms with E-state index in [2.05, 4.69) is 5.16 Å². The Morgan fingerprint density at radius 3 is 2.80 bits per heavy atom. The molecule has 5 nitrogen and oxygen atoms in total. The first-order valence-corrected chi connectivity index (χ1v) is 5.16. The van der Waals surface area contributed by atoms with Gasteiger partial charge < -0.3 is 14.2 Å². The molecule has 1 aromatic heterocycles. The Morgan fingerprint density at radius 2 is 2.20 bits per heavy atom. The van der Waals surface area contributed by atoms with E-state index in [1.54, 1.807) is 17.9 Å².